The highest BCUT2D eigenvalue weighted by molar-refractivity contribution is 6.30. The molecule has 0 saturated carbocycles. The molecule has 0 radical (unpaired) electrons. The van der Waals surface area contributed by atoms with E-state index in [9.17, 15) is 0 Å². The number of guanidine groups is 1. The number of rotatable bonds is 7. The van der Waals surface area contributed by atoms with E-state index in [2.05, 4.69) is 63.3 Å². The van der Waals surface area contributed by atoms with E-state index in [4.69, 9.17) is 11.6 Å². The van der Waals surface area contributed by atoms with Crippen molar-refractivity contribution in [3.05, 3.63) is 47.0 Å². The fourth-order valence-electron chi connectivity index (χ4n) is 2.56. The Morgan fingerprint density at radius 2 is 1.96 bits per heavy atom. The zero-order valence-electron chi connectivity index (χ0n) is 15.4. The molecule has 0 aliphatic heterocycles. The molecule has 0 atom stereocenters. The Kier molecular flexibility index (Phi) is 6.82. The SMILES string of the molecule is CCc1nncn1CCNC(=NC)NCC(C)(C)c1ccc(Cl)cc1. The van der Waals surface area contributed by atoms with Crippen LogP contribution < -0.4 is 10.6 Å². The average molecular weight is 363 g/mol. The van der Waals surface area contributed by atoms with Crippen LogP contribution in [0.5, 0.6) is 0 Å². The van der Waals surface area contributed by atoms with Gasteiger partial charge in [-0.2, -0.15) is 0 Å². The van der Waals surface area contributed by atoms with Gasteiger partial charge in [0, 0.05) is 43.5 Å². The number of benzene rings is 1. The average Bonchev–Trinajstić information content (AvgIpc) is 3.05. The second kappa shape index (κ2) is 8.85. The quantitative estimate of drug-likeness (QED) is 0.587. The molecule has 2 aromatic rings. The molecule has 0 unspecified atom stereocenters. The van der Waals surface area contributed by atoms with Gasteiger partial charge in [0.1, 0.15) is 12.2 Å². The van der Waals surface area contributed by atoms with Gasteiger partial charge in [0.05, 0.1) is 0 Å². The standard InChI is InChI=1S/C18H27ClN6/c1-5-16-24-23-13-25(16)11-10-21-17(20-4)22-12-18(2,3)14-6-8-15(19)9-7-14/h6-9,13H,5,10-12H2,1-4H3,(H2,20,21,22). The van der Waals surface area contributed by atoms with Crippen molar-refractivity contribution in [2.45, 2.75) is 39.2 Å². The van der Waals surface area contributed by atoms with Crippen LogP contribution in [0, 0.1) is 0 Å². The summed E-state index contributed by atoms with van der Waals surface area (Å²) in [5, 5.41) is 15.5. The summed E-state index contributed by atoms with van der Waals surface area (Å²) in [6, 6.07) is 7.99. The number of hydrogen-bond donors (Lipinski definition) is 2. The van der Waals surface area contributed by atoms with Crippen molar-refractivity contribution in [1.82, 2.24) is 25.4 Å². The first-order valence-corrected chi connectivity index (χ1v) is 8.91. The fourth-order valence-corrected chi connectivity index (χ4v) is 2.69. The predicted octanol–water partition coefficient (Wildman–Crippen LogP) is 2.64. The predicted molar refractivity (Wildman–Crippen MR) is 103 cm³/mol. The number of nitrogens with zero attached hydrogens (tertiary/aromatic N) is 4. The van der Waals surface area contributed by atoms with Gasteiger partial charge in [0.15, 0.2) is 5.96 Å². The molecule has 0 saturated heterocycles. The maximum absolute atomic E-state index is 5.98. The molecule has 6 nitrogen and oxygen atoms in total. The van der Waals surface area contributed by atoms with Crippen LogP contribution in [-0.2, 0) is 18.4 Å². The van der Waals surface area contributed by atoms with Crippen LogP contribution in [0.4, 0.5) is 0 Å². The third-order valence-corrected chi connectivity index (χ3v) is 4.46. The minimum atomic E-state index is -0.0359. The topological polar surface area (TPSA) is 67.1 Å². The minimum Gasteiger partial charge on any atom is -0.356 e. The number of aliphatic imine (C=N–C) groups is 1. The van der Waals surface area contributed by atoms with E-state index < -0.39 is 0 Å². The molecule has 0 bridgehead atoms. The van der Waals surface area contributed by atoms with Gasteiger partial charge in [-0.1, -0.05) is 44.5 Å². The summed E-state index contributed by atoms with van der Waals surface area (Å²) >= 11 is 5.98. The highest BCUT2D eigenvalue weighted by atomic mass is 35.5. The van der Waals surface area contributed by atoms with Gasteiger partial charge in [-0.15, -0.1) is 10.2 Å². The Hall–Kier alpha value is -2.08. The molecule has 25 heavy (non-hydrogen) atoms. The Bertz CT molecular complexity index is 690. The molecule has 7 heteroatoms. The van der Waals surface area contributed by atoms with E-state index in [-0.39, 0.29) is 5.41 Å². The monoisotopic (exact) mass is 362 g/mol. The minimum absolute atomic E-state index is 0.0359. The molecule has 1 heterocycles. The van der Waals surface area contributed by atoms with Gasteiger partial charge >= 0.3 is 0 Å². The molecule has 2 rings (SSSR count). The molecule has 0 amide bonds. The van der Waals surface area contributed by atoms with E-state index in [0.29, 0.717) is 0 Å². The lowest BCUT2D eigenvalue weighted by Crippen LogP contribution is -2.44. The Morgan fingerprint density at radius 1 is 1.24 bits per heavy atom. The summed E-state index contributed by atoms with van der Waals surface area (Å²) in [4.78, 5) is 4.29. The Balaban J connectivity index is 1.84. The first kappa shape index (κ1) is 19.2. The van der Waals surface area contributed by atoms with Crippen LogP contribution in [0.1, 0.15) is 32.2 Å². The molecule has 0 spiro atoms. The summed E-state index contributed by atoms with van der Waals surface area (Å²) in [7, 11) is 1.78. The molecular formula is C18H27ClN6. The smallest absolute Gasteiger partial charge is 0.191 e. The fraction of sp³-hybridized carbons (Fsp3) is 0.500. The van der Waals surface area contributed by atoms with Gasteiger partial charge in [-0.25, -0.2) is 0 Å². The van der Waals surface area contributed by atoms with Gasteiger partial charge in [0.25, 0.3) is 0 Å². The maximum atomic E-state index is 5.98. The van der Waals surface area contributed by atoms with E-state index in [0.717, 1.165) is 42.9 Å². The number of aromatic nitrogens is 3. The highest BCUT2D eigenvalue weighted by Gasteiger charge is 2.20. The maximum Gasteiger partial charge on any atom is 0.191 e. The zero-order valence-corrected chi connectivity index (χ0v) is 16.1. The first-order chi connectivity index (χ1) is 12.0. The second-order valence-electron chi connectivity index (χ2n) is 6.54. The van der Waals surface area contributed by atoms with Crippen molar-refractivity contribution in [3.63, 3.8) is 0 Å². The summed E-state index contributed by atoms with van der Waals surface area (Å²) in [6.07, 6.45) is 2.64. The van der Waals surface area contributed by atoms with Crippen molar-refractivity contribution >= 4 is 17.6 Å². The third kappa shape index (κ3) is 5.46. The molecule has 0 aliphatic rings. The molecule has 1 aromatic carbocycles. The van der Waals surface area contributed by atoms with Gasteiger partial charge in [-0.05, 0) is 17.7 Å². The van der Waals surface area contributed by atoms with Gasteiger partial charge in [-0.3, -0.25) is 4.99 Å². The molecule has 0 aliphatic carbocycles. The first-order valence-electron chi connectivity index (χ1n) is 8.53. The summed E-state index contributed by atoms with van der Waals surface area (Å²) in [6.45, 7) is 8.79. The highest BCUT2D eigenvalue weighted by Crippen LogP contribution is 2.23. The molecule has 1 aromatic heterocycles. The molecule has 136 valence electrons. The lowest BCUT2D eigenvalue weighted by molar-refractivity contribution is 0.507. The normalized spacial score (nSPS) is 12.3. The molecular weight excluding hydrogens is 336 g/mol. The Morgan fingerprint density at radius 3 is 2.60 bits per heavy atom. The van der Waals surface area contributed by atoms with Crippen LogP contribution in [0.25, 0.3) is 0 Å². The summed E-state index contributed by atoms with van der Waals surface area (Å²) in [5.41, 5.74) is 1.20. The van der Waals surface area contributed by atoms with E-state index in [1.165, 1.54) is 5.56 Å². The number of aryl methyl sites for hydroxylation is 1. The van der Waals surface area contributed by atoms with Crippen molar-refractivity contribution in [2.24, 2.45) is 4.99 Å². The van der Waals surface area contributed by atoms with Crippen molar-refractivity contribution in [2.75, 3.05) is 20.1 Å². The number of halogens is 1. The Labute approximate surface area is 154 Å². The largest absolute Gasteiger partial charge is 0.356 e. The lowest BCUT2D eigenvalue weighted by atomic mass is 9.85. The van der Waals surface area contributed by atoms with Crippen molar-refractivity contribution < 1.29 is 0 Å². The van der Waals surface area contributed by atoms with Gasteiger partial charge < -0.3 is 15.2 Å². The van der Waals surface area contributed by atoms with Crippen LogP contribution in [-0.4, -0.2) is 40.9 Å². The van der Waals surface area contributed by atoms with E-state index >= 15 is 0 Å². The summed E-state index contributed by atoms with van der Waals surface area (Å²) < 4.78 is 2.05. The number of hydrogen-bond acceptors (Lipinski definition) is 3. The van der Waals surface area contributed by atoms with Crippen LogP contribution in [0.3, 0.4) is 0 Å². The van der Waals surface area contributed by atoms with Crippen molar-refractivity contribution in [1.29, 1.82) is 0 Å². The van der Waals surface area contributed by atoms with E-state index in [1.54, 1.807) is 13.4 Å². The van der Waals surface area contributed by atoms with Crippen molar-refractivity contribution in [3.8, 4) is 0 Å². The molecule has 2 N–H and O–H groups in total. The van der Waals surface area contributed by atoms with E-state index in [1.807, 2.05) is 12.1 Å². The lowest BCUT2D eigenvalue weighted by Gasteiger charge is -2.27. The van der Waals surface area contributed by atoms with Crippen LogP contribution in [0.15, 0.2) is 35.6 Å². The second-order valence-corrected chi connectivity index (χ2v) is 6.97. The third-order valence-electron chi connectivity index (χ3n) is 4.20. The molecule has 0 fully saturated rings. The van der Waals surface area contributed by atoms with Crippen LogP contribution >= 0.6 is 11.6 Å². The van der Waals surface area contributed by atoms with Crippen LogP contribution in [0.2, 0.25) is 5.02 Å². The van der Waals surface area contributed by atoms with Gasteiger partial charge in [0.2, 0.25) is 0 Å². The summed E-state index contributed by atoms with van der Waals surface area (Å²) in [5.74, 6) is 1.78. The zero-order chi connectivity index (χ0) is 18.3. The number of nitrogens with one attached hydrogen (secondary N) is 2.